The summed E-state index contributed by atoms with van der Waals surface area (Å²) in [6.45, 7) is 4.67. The van der Waals surface area contributed by atoms with Gasteiger partial charge in [0.1, 0.15) is 0 Å². The van der Waals surface area contributed by atoms with Crippen molar-refractivity contribution in [3.8, 4) is 0 Å². The summed E-state index contributed by atoms with van der Waals surface area (Å²) < 4.78 is 0. The van der Waals surface area contributed by atoms with Crippen LogP contribution in [0.2, 0.25) is 0 Å². The van der Waals surface area contributed by atoms with Gasteiger partial charge in [-0.1, -0.05) is 6.07 Å². The molecule has 80 valence electrons. The number of aromatic nitrogens is 1. The molecule has 0 N–H and O–H groups in total. The van der Waals surface area contributed by atoms with E-state index in [4.69, 9.17) is 0 Å². The smallest absolute Gasteiger partial charge is 0.0372 e. The minimum atomic E-state index is 0.751. The van der Waals surface area contributed by atoms with Crippen LogP contribution in [0.4, 0.5) is 0 Å². The fraction of sp³-hybridized carbons (Fsp3) is 0.615. The maximum atomic E-state index is 4.42. The van der Waals surface area contributed by atoms with Gasteiger partial charge in [0.2, 0.25) is 0 Å². The molecule has 2 fully saturated rings. The number of aryl methyl sites for hydroxylation is 1. The van der Waals surface area contributed by atoms with Crippen molar-refractivity contribution in [3.05, 3.63) is 29.6 Å². The zero-order chi connectivity index (χ0) is 10.3. The molecule has 0 bridgehead atoms. The third kappa shape index (κ3) is 1.57. The van der Waals surface area contributed by atoms with Crippen LogP contribution in [-0.4, -0.2) is 29.0 Å². The Labute approximate surface area is 91.3 Å². The third-order valence-corrected chi connectivity index (χ3v) is 3.97. The highest BCUT2D eigenvalue weighted by atomic mass is 15.2. The minimum Gasteiger partial charge on any atom is -0.300 e. The SMILES string of the molecule is Cc1ccc(C2CCN3CCCC23)cn1. The largest absolute Gasteiger partial charge is 0.300 e. The van der Waals surface area contributed by atoms with Gasteiger partial charge in [0, 0.05) is 23.9 Å². The Bertz CT molecular complexity index is 344. The van der Waals surface area contributed by atoms with Gasteiger partial charge in [-0.3, -0.25) is 9.88 Å². The van der Waals surface area contributed by atoms with Gasteiger partial charge in [0.15, 0.2) is 0 Å². The molecule has 2 heteroatoms. The molecule has 2 aliphatic heterocycles. The van der Waals surface area contributed by atoms with E-state index in [-0.39, 0.29) is 0 Å². The van der Waals surface area contributed by atoms with E-state index >= 15 is 0 Å². The van der Waals surface area contributed by atoms with Gasteiger partial charge in [-0.05, 0) is 50.9 Å². The molecule has 0 spiro atoms. The van der Waals surface area contributed by atoms with E-state index in [1.807, 2.05) is 0 Å². The first-order chi connectivity index (χ1) is 7.34. The van der Waals surface area contributed by atoms with Gasteiger partial charge in [-0.2, -0.15) is 0 Å². The van der Waals surface area contributed by atoms with Crippen LogP contribution >= 0.6 is 0 Å². The number of rotatable bonds is 1. The van der Waals surface area contributed by atoms with Gasteiger partial charge in [-0.25, -0.2) is 0 Å². The van der Waals surface area contributed by atoms with Crippen LogP contribution in [0.15, 0.2) is 18.3 Å². The molecule has 0 aromatic carbocycles. The average Bonchev–Trinajstić information content (AvgIpc) is 2.80. The summed E-state index contributed by atoms with van der Waals surface area (Å²) in [4.78, 5) is 7.08. The summed E-state index contributed by atoms with van der Waals surface area (Å²) >= 11 is 0. The molecule has 0 aliphatic carbocycles. The van der Waals surface area contributed by atoms with E-state index in [0.29, 0.717) is 0 Å². The first-order valence-electron chi connectivity index (χ1n) is 6.01. The van der Waals surface area contributed by atoms with E-state index in [2.05, 4.69) is 35.1 Å². The second-order valence-corrected chi connectivity index (χ2v) is 4.87. The van der Waals surface area contributed by atoms with Crippen molar-refractivity contribution in [3.63, 3.8) is 0 Å². The van der Waals surface area contributed by atoms with Crippen LogP contribution in [-0.2, 0) is 0 Å². The molecular weight excluding hydrogens is 184 g/mol. The van der Waals surface area contributed by atoms with Crippen molar-refractivity contribution >= 4 is 0 Å². The van der Waals surface area contributed by atoms with Gasteiger partial charge in [-0.15, -0.1) is 0 Å². The summed E-state index contributed by atoms with van der Waals surface area (Å²) in [5.74, 6) is 0.751. The molecule has 0 saturated carbocycles. The Balaban J connectivity index is 1.85. The van der Waals surface area contributed by atoms with Crippen molar-refractivity contribution in [2.45, 2.75) is 38.1 Å². The molecule has 2 atom stereocenters. The predicted molar refractivity (Wildman–Crippen MR) is 60.9 cm³/mol. The third-order valence-electron chi connectivity index (χ3n) is 3.97. The Morgan fingerprint density at radius 1 is 1.27 bits per heavy atom. The Hall–Kier alpha value is -0.890. The summed E-state index contributed by atoms with van der Waals surface area (Å²) in [6.07, 6.45) is 6.19. The zero-order valence-electron chi connectivity index (χ0n) is 9.32. The molecule has 0 amide bonds. The molecule has 2 unspecified atom stereocenters. The predicted octanol–water partition coefficient (Wildman–Crippen LogP) is 2.34. The van der Waals surface area contributed by atoms with Crippen LogP contribution in [0.1, 0.15) is 36.4 Å². The normalized spacial score (nSPS) is 30.7. The van der Waals surface area contributed by atoms with E-state index in [0.717, 1.165) is 17.7 Å². The monoisotopic (exact) mass is 202 g/mol. The van der Waals surface area contributed by atoms with Gasteiger partial charge < -0.3 is 0 Å². The van der Waals surface area contributed by atoms with Gasteiger partial charge >= 0.3 is 0 Å². The Kier molecular flexibility index (Phi) is 2.24. The first-order valence-corrected chi connectivity index (χ1v) is 6.01. The lowest BCUT2D eigenvalue weighted by Gasteiger charge is -2.20. The standard InChI is InChI=1S/C13H18N2/c1-10-4-5-11(9-14-10)12-6-8-15-7-2-3-13(12)15/h4-5,9,12-13H,2-3,6-8H2,1H3. The number of hydrogen-bond acceptors (Lipinski definition) is 2. The van der Waals surface area contributed by atoms with Crippen molar-refractivity contribution in [2.75, 3.05) is 13.1 Å². The number of nitrogens with zero attached hydrogens (tertiary/aromatic N) is 2. The second-order valence-electron chi connectivity index (χ2n) is 4.87. The first kappa shape index (κ1) is 9.34. The van der Waals surface area contributed by atoms with Crippen molar-refractivity contribution in [1.29, 1.82) is 0 Å². The topological polar surface area (TPSA) is 16.1 Å². The van der Waals surface area contributed by atoms with E-state index in [9.17, 15) is 0 Å². The lowest BCUT2D eigenvalue weighted by atomic mass is 9.91. The van der Waals surface area contributed by atoms with Crippen LogP contribution in [0.5, 0.6) is 0 Å². The molecule has 3 heterocycles. The molecule has 2 nitrogen and oxygen atoms in total. The summed E-state index contributed by atoms with van der Waals surface area (Å²) in [7, 11) is 0. The second kappa shape index (κ2) is 3.60. The molecule has 3 rings (SSSR count). The van der Waals surface area contributed by atoms with Crippen LogP contribution in [0.25, 0.3) is 0 Å². The van der Waals surface area contributed by atoms with Crippen molar-refractivity contribution < 1.29 is 0 Å². The molecule has 0 radical (unpaired) electrons. The lowest BCUT2D eigenvalue weighted by molar-refractivity contribution is 0.314. The summed E-state index contributed by atoms with van der Waals surface area (Å²) in [5.41, 5.74) is 2.58. The molecular formula is C13H18N2. The molecule has 1 aromatic rings. The van der Waals surface area contributed by atoms with Crippen molar-refractivity contribution in [2.24, 2.45) is 0 Å². The van der Waals surface area contributed by atoms with Gasteiger partial charge in [0.25, 0.3) is 0 Å². The summed E-state index contributed by atoms with van der Waals surface area (Å²) in [5, 5.41) is 0. The summed E-state index contributed by atoms with van der Waals surface area (Å²) in [6, 6.07) is 5.23. The zero-order valence-corrected chi connectivity index (χ0v) is 9.32. The molecule has 2 saturated heterocycles. The molecule has 2 aliphatic rings. The van der Waals surface area contributed by atoms with Crippen LogP contribution in [0, 0.1) is 6.92 Å². The maximum absolute atomic E-state index is 4.42. The Morgan fingerprint density at radius 2 is 2.20 bits per heavy atom. The van der Waals surface area contributed by atoms with Crippen molar-refractivity contribution in [1.82, 2.24) is 9.88 Å². The van der Waals surface area contributed by atoms with Gasteiger partial charge in [0.05, 0.1) is 0 Å². The van der Waals surface area contributed by atoms with Crippen LogP contribution < -0.4 is 0 Å². The molecule has 15 heavy (non-hydrogen) atoms. The fourth-order valence-corrected chi connectivity index (χ4v) is 3.17. The highest BCUT2D eigenvalue weighted by Crippen LogP contribution is 2.38. The van der Waals surface area contributed by atoms with E-state index in [1.165, 1.54) is 37.9 Å². The average molecular weight is 202 g/mol. The quantitative estimate of drug-likeness (QED) is 0.695. The number of fused-ring (bicyclic) bond motifs is 1. The van der Waals surface area contributed by atoms with Crippen LogP contribution in [0.3, 0.4) is 0 Å². The maximum Gasteiger partial charge on any atom is 0.0372 e. The molecule has 1 aromatic heterocycles. The fourth-order valence-electron chi connectivity index (χ4n) is 3.17. The van der Waals surface area contributed by atoms with E-state index < -0.39 is 0 Å². The lowest BCUT2D eigenvalue weighted by Crippen LogP contribution is -2.25. The highest BCUT2D eigenvalue weighted by Gasteiger charge is 2.37. The minimum absolute atomic E-state index is 0.751. The highest BCUT2D eigenvalue weighted by molar-refractivity contribution is 5.22. The van der Waals surface area contributed by atoms with E-state index in [1.54, 1.807) is 0 Å². The number of pyridine rings is 1. The Morgan fingerprint density at radius 3 is 3.00 bits per heavy atom. The number of hydrogen-bond donors (Lipinski definition) is 0.